The molecule has 0 saturated carbocycles. The third kappa shape index (κ3) is 5.05. The summed E-state index contributed by atoms with van der Waals surface area (Å²) in [5, 5.41) is 3.73. The SMILES string of the molecule is Brc1ccc(CNC(CCc2ccccc2)c2ccccc2)cc1. The first-order chi connectivity index (χ1) is 11.8. The van der Waals surface area contributed by atoms with Crippen LogP contribution in [-0.4, -0.2) is 0 Å². The van der Waals surface area contributed by atoms with Crippen molar-refractivity contribution in [3.63, 3.8) is 0 Å². The van der Waals surface area contributed by atoms with Crippen LogP contribution in [0.2, 0.25) is 0 Å². The van der Waals surface area contributed by atoms with E-state index in [0.29, 0.717) is 6.04 Å². The lowest BCUT2D eigenvalue weighted by Crippen LogP contribution is -2.21. The van der Waals surface area contributed by atoms with Crippen molar-refractivity contribution in [3.8, 4) is 0 Å². The first-order valence-electron chi connectivity index (χ1n) is 8.38. The van der Waals surface area contributed by atoms with Gasteiger partial charge in [-0.1, -0.05) is 88.7 Å². The van der Waals surface area contributed by atoms with Gasteiger partial charge in [-0.15, -0.1) is 0 Å². The molecule has 3 aromatic rings. The van der Waals surface area contributed by atoms with Gasteiger partial charge in [0.2, 0.25) is 0 Å². The molecular weight excluding hydrogens is 358 g/mol. The number of nitrogens with one attached hydrogen (secondary N) is 1. The van der Waals surface area contributed by atoms with Crippen molar-refractivity contribution in [2.45, 2.75) is 25.4 Å². The van der Waals surface area contributed by atoms with Gasteiger partial charge in [0.1, 0.15) is 0 Å². The number of rotatable bonds is 7. The molecule has 0 radical (unpaired) electrons. The van der Waals surface area contributed by atoms with E-state index in [4.69, 9.17) is 0 Å². The molecule has 0 bridgehead atoms. The summed E-state index contributed by atoms with van der Waals surface area (Å²) >= 11 is 3.49. The number of hydrogen-bond acceptors (Lipinski definition) is 1. The maximum Gasteiger partial charge on any atom is 0.0326 e. The van der Waals surface area contributed by atoms with E-state index >= 15 is 0 Å². The fraction of sp³-hybridized carbons (Fsp3) is 0.182. The van der Waals surface area contributed by atoms with E-state index in [9.17, 15) is 0 Å². The Bertz CT molecular complexity index is 723. The van der Waals surface area contributed by atoms with Gasteiger partial charge in [-0.25, -0.2) is 0 Å². The molecule has 24 heavy (non-hydrogen) atoms. The van der Waals surface area contributed by atoms with Gasteiger partial charge in [0.15, 0.2) is 0 Å². The van der Waals surface area contributed by atoms with Gasteiger partial charge in [0.05, 0.1) is 0 Å². The first-order valence-corrected chi connectivity index (χ1v) is 9.17. The first kappa shape index (κ1) is 16.9. The smallest absolute Gasteiger partial charge is 0.0326 e. The van der Waals surface area contributed by atoms with E-state index in [1.807, 2.05) is 0 Å². The third-order valence-corrected chi connectivity index (χ3v) is 4.76. The summed E-state index contributed by atoms with van der Waals surface area (Å²) < 4.78 is 1.12. The molecule has 0 fully saturated rings. The van der Waals surface area contributed by atoms with Gasteiger partial charge in [0.25, 0.3) is 0 Å². The van der Waals surface area contributed by atoms with E-state index in [2.05, 4.69) is 106 Å². The van der Waals surface area contributed by atoms with Crippen LogP contribution in [-0.2, 0) is 13.0 Å². The largest absolute Gasteiger partial charge is 0.306 e. The molecule has 0 amide bonds. The number of aryl methyl sites for hydroxylation is 1. The lowest BCUT2D eigenvalue weighted by atomic mass is 9.98. The highest BCUT2D eigenvalue weighted by Gasteiger charge is 2.11. The highest BCUT2D eigenvalue weighted by Crippen LogP contribution is 2.20. The number of halogens is 1. The highest BCUT2D eigenvalue weighted by atomic mass is 79.9. The summed E-state index contributed by atoms with van der Waals surface area (Å²) in [6.07, 6.45) is 2.16. The molecule has 3 rings (SSSR count). The van der Waals surface area contributed by atoms with Crippen LogP contribution in [0.4, 0.5) is 0 Å². The molecule has 0 heterocycles. The molecular formula is C22H22BrN. The monoisotopic (exact) mass is 379 g/mol. The highest BCUT2D eigenvalue weighted by molar-refractivity contribution is 9.10. The van der Waals surface area contributed by atoms with E-state index < -0.39 is 0 Å². The molecule has 1 nitrogen and oxygen atoms in total. The number of benzene rings is 3. The Morgan fingerprint density at radius 2 is 1.33 bits per heavy atom. The molecule has 0 aliphatic rings. The van der Waals surface area contributed by atoms with Crippen molar-refractivity contribution >= 4 is 15.9 Å². The van der Waals surface area contributed by atoms with Crippen LogP contribution in [0.1, 0.15) is 29.2 Å². The van der Waals surface area contributed by atoms with Crippen LogP contribution in [0.15, 0.2) is 89.4 Å². The van der Waals surface area contributed by atoms with Crippen molar-refractivity contribution in [2.24, 2.45) is 0 Å². The second kappa shape index (κ2) is 8.81. The van der Waals surface area contributed by atoms with Crippen molar-refractivity contribution in [3.05, 3.63) is 106 Å². The second-order valence-corrected chi connectivity index (χ2v) is 6.91. The molecule has 3 aromatic carbocycles. The van der Waals surface area contributed by atoms with Gasteiger partial charge in [-0.05, 0) is 41.7 Å². The molecule has 0 aliphatic carbocycles. The van der Waals surface area contributed by atoms with Crippen LogP contribution in [0, 0.1) is 0 Å². The normalized spacial score (nSPS) is 12.0. The standard InChI is InChI=1S/C22H22BrN/c23-21-14-11-19(12-15-21)17-24-22(20-9-5-2-6-10-20)16-13-18-7-3-1-4-8-18/h1-12,14-15,22,24H,13,16-17H2. The molecule has 0 saturated heterocycles. The molecule has 2 heteroatoms. The minimum Gasteiger partial charge on any atom is -0.306 e. The van der Waals surface area contributed by atoms with Crippen molar-refractivity contribution in [1.82, 2.24) is 5.32 Å². The predicted octanol–water partition coefficient (Wildman–Crippen LogP) is 5.91. The summed E-state index contributed by atoms with van der Waals surface area (Å²) in [4.78, 5) is 0. The third-order valence-electron chi connectivity index (χ3n) is 4.23. The summed E-state index contributed by atoms with van der Waals surface area (Å²) in [6.45, 7) is 0.877. The Labute approximate surface area is 152 Å². The Hall–Kier alpha value is -1.90. The summed E-state index contributed by atoms with van der Waals surface area (Å²) in [7, 11) is 0. The van der Waals surface area contributed by atoms with Crippen molar-refractivity contribution < 1.29 is 0 Å². The fourth-order valence-corrected chi connectivity index (χ4v) is 3.14. The second-order valence-electron chi connectivity index (χ2n) is 5.99. The van der Waals surface area contributed by atoms with Gasteiger partial charge >= 0.3 is 0 Å². The summed E-state index contributed by atoms with van der Waals surface area (Å²) in [6, 6.07) is 30.3. The van der Waals surface area contributed by atoms with Gasteiger partial charge in [-0.3, -0.25) is 0 Å². The molecule has 1 unspecified atom stereocenters. The van der Waals surface area contributed by atoms with Gasteiger partial charge in [-0.2, -0.15) is 0 Å². The van der Waals surface area contributed by atoms with Gasteiger partial charge < -0.3 is 5.32 Å². The van der Waals surface area contributed by atoms with E-state index in [0.717, 1.165) is 23.9 Å². The molecule has 0 spiro atoms. The minimum absolute atomic E-state index is 0.357. The molecule has 0 aromatic heterocycles. The quantitative estimate of drug-likeness (QED) is 0.537. The van der Waals surface area contributed by atoms with E-state index in [1.54, 1.807) is 0 Å². The predicted molar refractivity (Wildman–Crippen MR) is 105 cm³/mol. The molecule has 1 N–H and O–H groups in total. The zero-order chi connectivity index (χ0) is 16.6. The average Bonchev–Trinajstić information content (AvgIpc) is 2.65. The van der Waals surface area contributed by atoms with E-state index in [-0.39, 0.29) is 0 Å². The van der Waals surface area contributed by atoms with Crippen LogP contribution in [0.25, 0.3) is 0 Å². The molecule has 122 valence electrons. The van der Waals surface area contributed by atoms with Crippen LogP contribution >= 0.6 is 15.9 Å². The topological polar surface area (TPSA) is 12.0 Å². The zero-order valence-electron chi connectivity index (χ0n) is 13.7. The summed E-state index contributed by atoms with van der Waals surface area (Å²) in [5.41, 5.74) is 4.05. The Balaban J connectivity index is 1.66. The molecule has 1 atom stereocenters. The Morgan fingerprint density at radius 3 is 2.00 bits per heavy atom. The van der Waals surface area contributed by atoms with Crippen LogP contribution in [0.5, 0.6) is 0 Å². The number of hydrogen-bond donors (Lipinski definition) is 1. The lowest BCUT2D eigenvalue weighted by Gasteiger charge is -2.19. The molecule has 0 aliphatic heterocycles. The zero-order valence-corrected chi connectivity index (χ0v) is 15.2. The van der Waals surface area contributed by atoms with Crippen LogP contribution in [0.3, 0.4) is 0 Å². The Kier molecular flexibility index (Phi) is 6.22. The average molecular weight is 380 g/mol. The maximum absolute atomic E-state index is 3.73. The fourth-order valence-electron chi connectivity index (χ4n) is 2.87. The van der Waals surface area contributed by atoms with Crippen LogP contribution < -0.4 is 5.32 Å². The van der Waals surface area contributed by atoms with Crippen molar-refractivity contribution in [1.29, 1.82) is 0 Å². The van der Waals surface area contributed by atoms with E-state index in [1.165, 1.54) is 16.7 Å². The summed E-state index contributed by atoms with van der Waals surface area (Å²) in [5.74, 6) is 0. The lowest BCUT2D eigenvalue weighted by molar-refractivity contribution is 0.499. The Morgan fingerprint density at radius 1 is 0.708 bits per heavy atom. The maximum atomic E-state index is 3.73. The minimum atomic E-state index is 0.357. The van der Waals surface area contributed by atoms with Gasteiger partial charge in [0, 0.05) is 17.1 Å². The van der Waals surface area contributed by atoms with Crippen molar-refractivity contribution in [2.75, 3.05) is 0 Å².